The number of rotatable bonds is 7. The Labute approximate surface area is 497 Å². The molecule has 0 atom stereocenters. The van der Waals surface area contributed by atoms with E-state index in [0.717, 1.165) is 60.7 Å². The molecule has 12 rings (SSSR count). The lowest BCUT2D eigenvalue weighted by Crippen LogP contribution is -2.07. The third kappa shape index (κ3) is 11.1. The van der Waals surface area contributed by atoms with Crippen molar-refractivity contribution in [2.45, 2.75) is 65.5 Å². The zero-order chi connectivity index (χ0) is 63.8. The van der Waals surface area contributed by atoms with Crippen LogP contribution < -0.4 is 0 Å². The molecule has 12 aromatic rings. The van der Waals surface area contributed by atoms with E-state index in [-0.39, 0.29) is 122 Å². The van der Waals surface area contributed by atoms with Crippen molar-refractivity contribution in [1.29, 1.82) is 5.26 Å². The molecule has 0 N–H and O–H groups in total. The SMILES string of the molecule is Cc1cc(-c2ccc3c4ccc(-c5cc(C)cc(C(F)(F)F)c5)cc4n(-c4cc(-c5cc(C)cc(C(F)(F)F)c5)c(-n5c6cc(-c7cc(C)cc(C(F)(F)F)c7)ccc6c6ccc(-c7cc(C)cc(C(F)(F)F)c7)cc65)cc4C#N)c3c2)cc(C(F)(F)F)c1. The molecule has 0 saturated carbocycles. The van der Waals surface area contributed by atoms with Crippen LogP contribution in [-0.4, -0.2) is 9.13 Å². The summed E-state index contributed by atoms with van der Waals surface area (Å²) in [5.74, 6) is 0. The fourth-order valence-electron chi connectivity index (χ4n) is 12.1. The minimum Gasteiger partial charge on any atom is -0.309 e. The van der Waals surface area contributed by atoms with E-state index in [1.54, 1.807) is 81.9 Å². The minimum atomic E-state index is -4.94. The molecule has 0 aliphatic heterocycles. The number of aryl methyl sites for hydroxylation is 5. The molecule has 0 radical (unpaired) electrons. The summed E-state index contributed by atoms with van der Waals surface area (Å²) in [7, 11) is 0. The van der Waals surface area contributed by atoms with Crippen molar-refractivity contribution in [2.24, 2.45) is 0 Å². The number of hydrogen-bond donors (Lipinski definition) is 0. The van der Waals surface area contributed by atoms with E-state index in [2.05, 4.69) is 6.07 Å². The first-order chi connectivity index (χ1) is 41.7. The molecule has 0 saturated heterocycles. The van der Waals surface area contributed by atoms with Crippen LogP contribution in [0.5, 0.6) is 0 Å². The Kier molecular flexibility index (Phi) is 14.0. The van der Waals surface area contributed by atoms with Crippen LogP contribution >= 0.6 is 0 Å². The lowest BCUT2D eigenvalue weighted by molar-refractivity contribution is -0.138. The van der Waals surface area contributed by atoms with Gasteiger partial charge in [-0.05, 0) is 210 Å². The average Bonchev–Trinajstić information content (AvgIpc) is 1.60. The molecular weight excluding hydrogens is 1180 g/mol. The maximum atomic E-state index is 15.2. The summed E-state index contributed by atoms with van der Waals surface area (Å²) in [4.78, 5) is 0. The molecule has 0 aliphatic rings. The van der Waals surface area contributed by atoms with Crippen LogP contribution in [0.15, 0.2) is 176 Å². The fourth-order valence-corrected chi connectivity index (χ4v) is 12.1. The second kappa shape index (κ2) is 21.0. The number of aromatic nitrogens is 2. The summed E-state index contributed by atoms with van der Waals surface area (Å²) in [5, 5.41) is 13.4. The molecule has 0 bridgehead atoms. The minimum absolute atomic E-state index is 0.00283. The number of fused-ring (bicyclic) bond motifs is 6. The molecule has 0 spiro atoms. The van der Waals surface area contributed by atoms with Crippen molar-refractivity contribution in [3.8, 4) is 73.1 Å². The fraction of sp³-hybridized carbons (Fsp3) is 0.141. The molecule has 10 aromatic carbocycles. The van der Waals surface area contributed by atoms with E-state index < -0.39 is 58.7 Å². The number of halogens is 15. The van der Waals surface area contributed by atoms with E-state index in [1.165, 1.54) is 77.1 Å². The third-order valence-corrected chi connectivity index (χ3v) is 15.9. The first-order valence-electron chi connectivity index (χ1n) is 27.4. The van der Waals surface area contributed by atoms with Gasteiger partial charge in [0.2, 0.25) is 0 Å². The molecule has 2 heterocycles. The molecule has 0 unspecified atom stereocenters. The molecular formula is C71H44F15N3. The largest absolute Gasteiger partial charge is 0.416 e. The highest BCUT2D eigenvalue weighted by molar-refractivity contribution is 6.13. The van der Waals surface area contributed by atoms with Gasteiger partial charge in [0.05, 0.1) is 66.8 Å². The second-order valence-corrected chi connectivity index (χ2v) is 22.5. The predicted octanol–water partition coefficient (Wildman–Crippen LogP) is 22.7. The summed E-state index contributed by atoms with van der Waals surface area (Å²) < 4.78 is 222. The van der Waals surface area contributed by atoms with Crippen LogP contribution in [0.25, 0.3) is 111 Å². The van der Waals surface area contributed by atoms with Crippen LogP contribution in [0, 0.1) is 45.9 Å². The Balaban J connectivity index is 1.23. The second-order valence-electron chi connectivity index (χ2n) is 22.5. The summed E-state index contributed by atoms with van der Waals surface area (Å²) in [6, 6.07) is 41.4. The van der Waals surface area contributed by atoms with Crippen LogP contribution in [0.4, 0.5) is 65.9 Å². The van der Waals surface area contributed by atoms with E-state index in [0.29, 0.717) is 21.5 Å². The van der Waals surface area contributed by atoms with Gasteiger partial charge in [-0.3, -0.25) is 0 Å². The molecule has 18 heteroatoms. The van der Waals surface area contributed by atoms with Crippen LogP contribution in [0.3, 0.4) is 0 Å². The van der Waals surface area contributed by atoms with Crippen LogP contribution in [0.2, 0.25) is 0 Å². The smallest absolute Gasteiger partial charge is 0.309 e. The number of nitriles is 1. The summed E-state index contributed by atoms with van der Waals surface area (Å²) in [6.45, 7) is 7.37. The van der Waals surface area contributed by atoms with Gasteiger partial charge in [0.25, 0.3) is 0 Å². The van der Waals surface area contributed by atoms with Crippen LogP contribution in [0.1, 0.15) is 61.2 Å². The van der Waals surface area contributed by atoms with Gasteiger partial charge >= 0.3 is 30.9 Å². The Morgan fingerprint density at radius 3 is 0.775 bits per heavy atom. The highest BCUT2D eigenvalue weighted by Gasteiger charge is 2.36. The van der Waals surface area contributed by atoms with Crippen molar-refractivity contribution < 1.29 is 65.9 Å². The van der Waals surface area contributed by atoms with Gasteiger partial charge in [-0.1, -0.05) is 78.9 Å². The zero-order valence-corrected chi connectivity index (χ0v) is 47.3. The highest BCUT2D eigenvalue weighted by atomic mass is 19.4. The van der Waals surface area contributed by atoms with E-state index in [1.807, 2.05) is 0 Å². The molecule has 0 fully saturated rings. The number of benzene rings is 10. The van der Waals surface area contributed by atoms with E-state index in [4.69, 9.17) is 0 Å². The van der Waals surface area contributed by atoms with Crippen molar-refractivity contribution in [3.63, 3.8) is 0 Å². The van der Waals surface area contributed by atoms with Crippen molar-refractivity contribution in [1.82, 2.24) is 9.13 Å². The van der Waals surface area contributed by atoms with Gasteiger partial charge in [0.15, 0.2) is 0 Å². The van der Waals surface area contributed by atoms with Gasteiger partial charge in [-0.2, -0.15) is 71.1 Å². The van der Waals surface area contributed by atoms with Crippen molar-refractivity contribution in [3.05, 3.63) is 237 Å². The quantitative estimate of drug-likeness (QED) is 0.146. The average molecular weight is 1220 g/mol. The van der Waals surface area contributed by atoms with Gasteiger partial charge in [0, 0.05) is 27.1 Å². The Morgan fingerprint density at radius 1 is 0.270 bits per heavy atom. The van der Waals surface area contributed by atoms with Crippen molar-refractivity contribution in [2.75, 3.05) is 0 Å². The Morgan fingerprint density at radius 2 is 0.517 bits per heavy atom. The number of hydrogen-bond acceptors (Lipinski definition) is 1. The lowest BCUT2D eigenvalue weighted by atomic mass is 9.95. The molecule has 0 amide bonds. The standard InChI is InChI=1S/C71H44F15N3/c1-36-14-45(24-51(19-36)67(72,73)74)41-6-10-56-57-11-7-42(46-15-37(2)20-52(25-46)68(75,76)77)30-63(57)88(62(56)29-41)61-34-60(49-18-40(5)23-55(28-49)71(84,85)86)66(33-50(61)35-87)89-64-31-43(47-16-38(3)21-53(26-47)69(78,79)80)8-12-58(64)59-13-9-44(32-65(59)89)48-17-39(4)22-54(27-48)70(81,82)83/h6-34H,1-5H3. The third-order valence-electron chi connectivity index (χ3n) is 15.9. The number of nitrogens with zero attached hydrogens (tertiary/aromatic N) is 3. The maximum Gasteiger partial charge on any atom is 0.416 e. The Hall–Kier alpha value is -9.76. The molecule has 448 valence electrons. The first-order valence-corrected chi connectivity index (χ1v) is 27.4. The first kappa shape index (κ1) is 59.6. The summed E-state index contributed by atoms with van der Waals surface area (Å²) >= 11 is 0. The molecule has 2 aromatic heterocycles. The lowest BCUT2D eigenvalue weighted by Gasteiger charge is -2.20. The van der Waals surface area contributed by atoms with Gasteiger partial charge < -0.3 is 9.13 Å². The topological polar surface area (TPSA) is 33.6 Å². The summed E-state index contributed by atoms with van der Waals surface area (Å²) in [6.07, 6.45) is -24.0. The molecule has 89 heavy (non-hydrogen) atoms. The summed E-state index contributed by atoms with van der Waals surface area (Å²) in [5.41, 5.74) is -1.46. The normalized spacial score (nSPS) is 12.7. The van der Waals surface area contributed by atoms with Gasteiger partial charge in [-0.25, -0.2) is 0 Å². The van der Waals surface area contributed by atoms with Gasteiger partial charge in [-0.15, -0.1) is 0 Å². The van der Waals surface area contributed by atoms with Crippen molar-refractivity contribution >= 4 is 43.6 Å². The maximum absolute atomic E-state index is 15.2. The van der Waals surface area contributed by atoms with E-state index >= 15 is 13.2 Å². The zero-order valence-electron chi connectivity index (χ0n) is 47.3. The monoisotopic (exact) mass is 1220 g/mol. The van der Waals surface area contributed by atoms with E-state index in [9.17, 15) is 57.9 Å². The highest BCUT2D eigenvalue weighted by Crippen LogP contribution is 2.47. The molecule has 0 aliphatic carbocycles. The number of alkyl halides is 15. The van der Waals surface area contributed by atoms with Gasteiger partial charge in [0.1, 0.15) is 6.07 Å². The van der Waals surface area contributed by atoms with Crippen LogP contribution in [-0.2, 0) is 30.9 Å². The predicted molar refractivity (Wildman–Crippen MR) is 316 cm³/mol. The Bertz CT molecular complexity index is 4720. The molecule has 3 nitrogen and oxygen atoms in total.